The highest BCUT2D eigenvalue weighted by Gasteiger charge is 2.05. The third-order valence-corrected chi connectivity index (χ3v) is 2.94. The first-order valence-corrected chi connectivity index (χ1v) is 6.26. The summed E-state index contributed by atoms with van der Waals surface area (Å²) in [5.74, 6) is 0. The molecule has 1 rings (SSSR count). The number of nitrogens with one attached hydrogen (secondary N) is 1. The number of hydrogen-bond acceptors (Lipinski definition) is 2. The lowest BCUT2D eigenvalue weighted by Crippen LogP contribution is -2.25. The summed E-state index contributed by atoms with van der Waals surface area (Å²) in [5, 5.41) is 3.49. The molecule has 0 aliphatic carbocycles. The molecule has 1 aromatic carbocycles. The van der Waals surface area contributed by atoms with Crippen molar-refractivity contribution in [3.8, 4) is 0 Å². The van der Waals surface area contributed by atoms with Crippen LogP contribution in [0.4, 0.5) is 0 Å². The largest absolute Gasteiger partial charge is 0.308 e. The third kappa shape index (κ3) is 3.35. The quantitative estimate of drug-likeness (QED) is 0.762. The fourth-order valence-corrected chi connectivity index (χ4v) is 1.90. The van der Waals surface area contributed by atoms with Gasteiger partial charge < -0.3 is 5.32 Å². The maximum Gasteiger partial charge on any atom is 0.0294 e. The molecular weight excluding hydrogens is 190 g/mol. The Hall–Kier alpha value is -0.470. The van der Waals surface area contributed by atoms with E-state index in [0.29, 0.717) is 12.1 Å². The molecule has 2 heteroatoms. The lowest BCUT2D eigenvalue weighted by Gasteiger charge is -2.17. The average molecular weight is 209 g/mol. The lowest BCUT2D eigenvalue weighted by molar-refractivity contribution is 0.506. The van der Waals surface area contributed by atoms with Gasteiger partial charge in [0.15, 0.2) is 0 Å². The van der Waals surface area contributed by atoms with E-state index < -0.39 is 0 Å². The van der Waals surface area contributed by atoms with Gasteiger partial charge in [-0.25, -0.2) is 0 Å². The van der Waals surface area contributed by atoms with E-state index in [1.165, 1.54) is 10.5 Å². The number of benzene rings is 1. The predicted octanol–water partition coefficient (Wildman–Crippen LogP) is 3.47. The molecule has 0 saturated heterocycles. The molecule has 0 aliphatic rings. The highest BCUT2D eigenvalue weighted by atomic mass is 32.2. The van der Waals surface area contributed by atoms with E-state index >= 15 is 0 Å². The molecule has 0 aliphatic heterocycles. The van der Waals surface area contributed by atoms with Crippen molar-refractivity contribution in [1.29, 1.82) is 0 Å². The summed E-state index contributed by atoms with van der Waals surface area (Å²) in [6.07, 6.45) is 2.10. The first kappa shape index (κ1) is 11.6. The molecule has 1 aromatic rings. The Morgan fingerprint density at radius 3 is 2.07 bits per heavy atom. The predicted molar refractivity (Wildman–Crippen MR) is 64.9 cm³/mol. The Labute approximate surface area is 91.3 Å². The van der Waals surface area contributed by atoms with Crippen molar-refractivity contribution in [2.45, 2.75) is 37.8 Å². The van der Waals surface area contributed by atoms with E-state index in [0.717, 1.165) is 0 Å². The molecule has 0 fully saturated rings. The summed E-state index contributed by atoms with van der Waals surface area (Å²) in [4.78, 5) is 1.32. The normalized spacial score (nSPS) is 13.2. The summed E-state index contributed by atoms with van der Waals surface area (Å²) in [5.41, 5.74) is 1.36. The van der Waals surface area contributed by atoms with Crippen LogP contribution in [-0.4, -0.2) is 12.3 Å². The second-order valence-corrected chi connectivity index (χ2v) is 4.70. The molecule has 0 spiro atoms. The molecule has 14 heavy (non-hydrogen) atoms. The molecule has 0 aromatic heterocycles. The summed E-state index contributed by atoms with van der Waals surface area (Å²) < 4.78 is 0. The van der Waals surface area contributed by atoms with Gasteiger partial charge in [0.2, 0.25) is 0 Å². The molecule has 0 bridgehead atoms. The zero-order valence-corrected chi connectivity index (χ0v) is 10.2. The third-order valence-electron chi connectivity index (χ3n) is 2.20. The molecule has 1 atom stereocenters. The molecule has 0 saturated carbocycles. The van der Waals surface area contributed by atoms with Crippen molar-refractivity contribution < 1.29 is 0 Å². The maximum absolute atomic E-state index is 3.49. The van der Waals surface area contributed by atoms with Crippen LogP contribution >= 0.6 is 11.8 Å². The summed E-state index contributed by atoms with van der Waals surface area (Å²) in [6.45, 7) is 6.55. The van der Waals surface area contributed by atoms with E-state index in [2.05, 4.69) is 56.6 Å². The minimum Gasteiger partial charge on any atom is -0.308 e. The van der Waals surface area contributed by atoms with Gasteiger partial charge in [0.05, 0.1) is 0 Å². The van der Waals surface area contributed by atoms with Crippen LogP contribution in [0.2, 0.25) is 0 Å². The number of hydrogen-bond donors (Lipinski definition) is 1. The van der Waals surface area contributed by atoms with Crippen LogP contribution in [0, 0.1) is 0 Å². The minimum atomic E-state index is 0.436. The van der Waals surface area contributed by atoms with Gasteiger partial charge in [-0.3, -0.25) is 0 Å². The van der Waals surface area contributed by atoms with Crippen molar-refractivity contribution in [3.63, 3.8) is 0 Å². The van der Waals surface area contributed by atoms with Crippen LogP contribution in [0.15, 0.2) is 29.2 Å². The summed E-state index contributed by atoms with van der Waals surface area (Å²) in [7, 11) is 0. The molecule has 0 amide bonds. The molecule has 0 radical (unpaired) electrons. The van der Waals surface area contributed by atoms with Gasteiger partial charge in [-0.15, -0.1) is 11.8 Å². The Morgan fingerprint density at radius 1 is 1.07 bits per heavy atom. The lowest BCUT2D eigenvalue weighted by atomic mass is 10.1. The van der Waals surface area contributed by atoms with E-state index in [-0.39, 0.29) is 0 Å². The summed E-state index contributed by atoms with van der Waals surface area (Å²) in [6, 6.07) is 9.73. The standard InChI is InChI=1S/C12H19NS/c1-9(2)13-10(3)11-5-7-12(14-4)8-6-11/h5-10,13H,1-4H3/t10-/m0/s1. The van der Waals surface area contributed by atoms with Crippen LogP contribution < -0.4 is 5.32 Å². The topological polar surface area (TPSA) is 12.0 Å². The van der Waals surface area contributed by atoms with E-state index in [1.54, 1.807) is 11.8 Å². The van der Waals surface area contributed by atoms with Crippen LogP contribution in [0.25, 0.3) is 0 Å². The Balaban J connectivity index is 2.66. The Kier molecular flexibility index (Phi) is 4.49. The first-order chi connectivity index (χ1) is 6.63. The molecular formula is C12H19NS. The van der Waals surface area contributed by atoms with Crippen molar-refractivity contribution in [2.75, 3.05) is 6.26 Å². The second-order valence-electron chi connectivity index (χ2n) is 3.82. The van der Waals surface area contributed by atoms with Gasteiger partial charge in [0.25, 0.3) is 0 Å². The van der Waals surface area contributed by atoms with Gasteiger partial charge >= 0.3 is 0 Å². The van der Waals surface area contributed by atoms with Gasteiger partial charge in [0.1, 0.15) is 0 Å². The van der Waals surface area contributed by atoms with Gasteiger partial charge in [0, 0.05) is 17.0 Å². The minimum absolute atomic E-state index is 0.436. The highest BCUT2D eigenvalue weighted by Crippen LogP contribution is 2.18. The average Bonchev–Trinajstić information content (AvgIpc) is 2.17. The second kappa shape index (κ2) is 5.42. The molecule has 1 N–H and O–H groups in total. The van der Waals surface area contributed by atoms with E-state index in [9.17, 15) is 0 Å². The van der Waals surface area contributed by atoms with Crippen LogP contribution in [-0.2, 0) is 0 Å². The van der Waals surface area contributed by atoms with Crippen molar-refractivity contribution in [3.05, 3.63) is 29.8 Å². The zero-order chi connectivity index (χ0) is 10.6. The van der Waals surface area contributed by atoms with Crippen molar-refractivity contribution in [1.82, 2.24) is 5.32 Å². The van der Waals surface area contributed by atoms with E-state index in [1.807, 2.05) is 0 Å². The first-order valence-electron chi connectivity index (χ1n) is 5.03. The van der Waals surface area contributed by atoms with Gasteiger partial charge in [-0.1, -0.05) is 26.0 Å². The van der Waals surface area contributed by atoms with Crippen LogP contribution in [0.5, 0.6) is 0 Å². The van der Waals surface area contributed by atoms with Crippen molar-refractivity contribution >= 4 is 11.8 Å². The smallest absolute Gasteiger partial charge is 0.0294 e. The van der Waals surface area contributed by atoms with Crippen LogP contribution in [0.3, 0.4) is 0 Å². The van der Waals surface area contributed by atoms with Gasteiger partial charge in [-0.05, 0) is 30.9 Å². The van der Waals surface area contributed by atoms with Crippen LogP contribution in [0.1, 0.15) is 32.4 Å². The fraction of sp³-hybridized carbons (Fsp3) is 0.500. The highest BCUT2D eigenvalue weighted by molar-refractivity contribution is 7.98. The molecule has 78 valence electrons. The number of thioether (sulfide) groups is 1. The fourth-order valence-electron chi connectivity index (χ4n) is 1.49. The molecule has 0 heterocycles. The van der Waals surface area contributed by atoms with Gasteiger partial charge in [-0.2, -0.15) is 0 Å². The Morgan fingerprint density at radius 2 is 1.64 bits per heavy atom. The molecule has 0 unspecified atom stereocenters. The molecule has 1 nitrogen and oxygen atoms in total. The van der Waals surface area contributed by atoms with E-state index in [4.69, 9.17) is 0 Å². The zero-order valence-electron chi connectivity index (χ0n) is 9.37. The SMILES string of the molecule is CSc1ccc([C@H](C)NC(C)C)cc1. The monoisotopic (exact) mass is 209 g/mol. The maximum atomic E-state index is 3.49. The number of rotatable bonds is 4. The summed E-state index contributed by atoms with van der Waals surface area (Å²) >= 11 is 1.78. The van der Waals surface area contributed by atoms with Crippen molar-refractivity contribution in [2.24, 2.45) is 0 Å². The Bertz CT molecular complexity index is 266.